The summed E-state index contributed by atoms with van der Waals surface area (Å²) < 4.78 is 27.2. The number of rotatable bonds is 9. The predicted molar refractivity (Wildman–Crippen MR) is 458 cm³/mol. The summed E-state index contributed by atoms with van der Waals surface area (Å²) in [5.74, 6) is 2.61. The molecule has 0 heterocycles. The Morgan fingerprint density at radius 1 is 0.262 bits per heavy atom. The van der Waals surface area contributed by atoms with Gasteiger partial charge in [-0.15, -0.1) is 0 Å². The maximum Gasteiger partial charge on any atom is 0.0352 e. The van der Waals surface area contributed by atoms with Crippen LogP contribution in [0.2, 0.25) is 0 Å². The van der Waals surface area contributed by atoms with Gasteiger partial charge in [0.1, 0.15) is 0 Å². The molecule has 103 heavy (non-hydrogen) atoms. The molecule has 0 aliphatic heterocycles. The molecule has 6 aliphatic carbocycles. The third-order valence-corrected chi connectivity index (χ3v) is 23.7. The van der Waals surface area contributed by atoms with Gasteiger partial charge in [0.05, 0.1) is 0 Å². The number of hydrogen-bond acceptors (Lipinski definition) is 0. The largest absolute Gasteiger partial charge is 0.0625 e. The van der Waals surface area contributed by atoms with E-state index in [1.165, 1.54) is 211 Å². The van der Waals surface area contributed by atoms with Gasteiger partial charge in [-0.1, -0.05) is 401 Å². The molecule has 0 N–H and O–H groups in total. The van der Waals surface area contributed by atoms with Crippen LogP contribution in [0.4, 0.5) is 0 Å². The molecule has 0 saturated heterocycles. The van der Waals surface area contributed by atoms with Crippen LogP contribution in [0.1, 0.15) is 468 Å². The minimum Gasteiger partial charge on any atom is -0.0625 e. The van der Waals surface area contributed by atoms with E-state index in [4.69, 9.17) is 1.37 Å². The molecule has 0 heteroatoms. The molecule has 0 nitrogen and oxygen atoms in total. The van der Waals surface area contributed by atoms with Crippen molar-refractivity contribution in [3.8, 4) is 0 Å². The average Bonchev–Trinajstić information content (AvgIpc) is 0.744. The summed E-state index contributed by atoms with van der Waals surface area (Å²) in [7, 11) is 0. The van der Waals surface area contributed by atoms with E-state index in [9.17, 15) is 2.74 Å². The molecule has 6 aromatic carbocycles. The summed E-state index contributed by atoms with van der Waals surface area (Å²) in [6, 6.07) is 49.1. The molecule has 0 aromatic heterocycles. The second-order valence-electron chi connectivity index (χ2n) is 39.7. The van der Waals surface area contributed by atoms with Crippen LogP contribution in [-0.2, 0) is 38.9 Å². The Kier molecular flexibility index (Phi) is 31.4. The summed E-state index contributed by atoms with van der Waals surface area (Å²) >= 11 is 0. The van der Waals surface area contributed by atoms with Gasteiger partial charge in [-0.25, -0.2) is 0 Å². The second kappa shape index (κ2) is 40.0. The quantitative estimate of drug-likeness (QED) is 0.135. The van der Waals surface area contributed by atoms with Crippen LogP contribution in [0.5, 0.6) is 0 Å². The van der Waals surface area contributed by atoms with Gasteiger partial charge in [0.15, 0.2) is 0 Å². The van der Waals surface area contributed by atoms with Crippen molar-refractivity contribution in [2.24, 2.45) is 5.92 Å². The minimum atomic E-state index is -0.443. The fourth-order valence-corrected chi connectivity index (χ4v) is 18.6. The van der Waals surface area contributed by atoms with Crippen molar-refractivity contribution in [2.75, 3.05) is 0 Å². The van der Waals surface area contributed by atoms with Gasteiger partial charge < -0.3 is 0 Å². The number of benzene rings is 6. The Bertz CT molecular complexity index is 3470. The van der Waals surface area contributed by atoms with Crippen molar-refractivity contribution in [3.05, 3.63) is 211 Å². The zero-order valence-corrected chi connectivity index (χ0v) is 71.0. The highest BCUT2D eigenvalue weighted by molar-refractivity contribution is 5.47. The van der Waals surface area contributed by atoms with Crippen molar-refractivity contribution < 1.29 is 4.11 Å². The zero-order chi connectivity index (χ0) is 77.9. The first-order valence-electron chi connectivity index (χ1n) is 44.3. The van der Waals surface area contributed by atoms with E-state index >= 15 is 0 Å². The van der Waals surface area contributed by atoms with Crippen molar-refractivity contribution in [1.82, 2.24) is 0 Å². The third kappa shape index (κ3) is 26.3. The molecule has 6 fully saturated rings. The summed E-state index contributed by atoms with van der Waals surface area (Å²) in [5, 5.41) is 0. The SMILES string of the molecule is CC(C)(C)c1c(C2CCCCC2)cccc1C1CCCCC1.CC(C)(C)c1ccccc1C1CCCCC1.CC(C)Cc1ccccc1C(C)(C)C.CC(C)c1ccccc1C(C)(C)C.[2H]C1(c2cccc(C3([2H])CCCCC3)c2C(C)(C)C)CCCCC1.[2H]C1(c2ccccc2C(C)(C)C)CCCCC1. The van der Waals surface area contributed by atoms with E-state index < -0.39 is 11.8 Å². The molecular weight excluding hydrogens is 1240 g/mol. The maximum atomic E-state index is 9.20. The van der Waals surface area contributed by atoms with Gasteiger partial charge >= 0.3 is 0 Å². The smallest absolute Gasteiger partial charge is 0.0352 e. The molecule has 6 aliphatic rings. The van der Waals surface area contributed by atoms with E-state index in [0.717, 1.165) is 62.2 Å². The predicted octanol–water partition coefficient (Wildman–Crippen LogP) is 32.5. The van der Waals surface area contributed by atoms with Crippen LogP contribution in [0.15, 0.2) is 133 Å². The third-order valence-electron chi connectivity index (χ3n) is 23.7. The molecule has 6 aromatic rings. The fourth-order valence-electron chi connectivity index (χ4n) is 18.6. The molecule has 0 atom stereocenters. The fraction of sp³-hybridized carbons (Fsp3) is 0.650. The van der Waals surface area contributed by atoms with Crippen molar-refractivity contribution in [3.63, 3.8) is 0 Å². The Morgan fingerprint density at radius 3 is 0.864 bits per heavy atom. The van der Waals surface area contributed by atoms with Crippen molar-refractivity contribution in [2.45, 2.75) is 425 Å². The molecule has 12 rings (SSSR count). The molecule has 570 valence electrons. The Morgan fingerprint density at radius 2 is 0.524 bits per heavy atom. The standard InChI is InChI=1S/2C22H34.2C16H24.C14H22.C13H20/c2*1-22(2,3)21-19(17-11-6-4-7-12-17)15-10-16-20(21)18-13-8-5-9-14-18;2*1-16(2,3)15-12-8-7-11-14(15)13-9-5-4-6-10-13;1-11(2)10-12-8-6-7-9-13(12)14(3,4)5;1-10(2)11-8-6-7-9-12(11)13(3,4)5/h2*10,15-18H,4-9,11-14H2,1-3H3;2*7-8,11-13H,4-6,9-10H2,1-3H3;6-9,11H,10H2,1-5H3;6-10H,1-5H3/i17D,18D;;13D;;;. The van der Waals surface area contributed by atoms with Crippen LogP contribution in [-0.4, -0.2) is 0 Å². The van der Waals surface area contributed by atoms with E-state index in [1.807, 2.05) is 0 Å². The van der Waals surface area contributed by atoms with Gasteiger partial charge in [-0.05, 0) is 241 Å². The summed E-state index contributed by atoms with van der Waals surface area (Å²) in [5.41, 5.74) is 21.9. The molecule has 0 amide bonds. The summed E-state index contributed by atoms with van der Waals surface area (Å²) in [4.78, 5) is 0. The van der Waals surface area contributed by atoms with E-state index in [1.54, 1.807) is 27.8 Å². The van der Waals surface area contributed by atoms with Crippen molar-refractivity contribution in [1.29, 1.82) is 0 Å². The van der Waals surface area contributed by atoms with Crippen molar-refractivity contribution >= 4 is 0 Å². The Balaban J connectivity index is 0.000000180. The molecule has 0 spiro atoms. The lowest BCUT2D eigenvalue weighted by molar-refractivity contribution is 0.420. The van der Waals surface area contributed by atoms with Gasteiger partial charge in [-0.2, -0.15) is 0 Å². The van der Waals surface area contributed by atoms with Crippen LogP contribution in [0, 0.1) is 5.92 Å². The zero-order valence-electron chi connectivity index (χ0n) is 74.0. The topological polar surface area (TPSA) is 0 Å². The first kappa shape index (κ1) is 80.9. The van der Waals surface area contributed by atoms with E-state index in [0.29, 0.717) is 5.92 Å². The Hall–Kier alpha value is -4.68. The monoisotopic (exact) mass is 1400 g/mol. The van der Waals surface area contributed by atoms with Crippen LogP contribution in [0.3, 0.4) is 0 Å². The molecule has 0 radical (unpaired) electrons. The van der Waals surface area contributed by atoms with Crippen LogP contribution < -0.4 is 0 Å². The highest BCUT2D eigenvalue weighted by Gasteiger charge is 2.33. The minimum absolute atomic E-state index is 0.0110. The maximum absolute atomic E-state index is 9.20. The molecule has 0 unspecified atom stereocenters. The number of hydrogen-bond donors (Lipinski definition) is 0. The molecule has 0 bridgehead atoms. The summed E-state index contributed by atoms with van der Waals surface area (Å²) in [6.07, 6.45) is 39.4. The van der Waals surface area contributed by atoms with Gasteiger partial charge in [0.25, 0.3) is 0 Å². The highest BCUT2D eigenvalue weighted by Crippen LogP contribution is 2.48. The second-order valence-corrected chi connectivity index (χ2v) is 39.7. The lowest BCUT2D eigenvalue weighted by Gasteiger charge is -2.35. The van der Waals surface area contributed by atoms with Gasteiger partial charge in [-0.3, -0.25) is 0 Å². The van der Waals surface area contributed by atoms with E-state index in [-0.39, 0.29) is 38.4 Å². The highest BCUT2D eigenvalue weighted by atomic mass is 14.4. The average molecular weight is 1400 g/mol. The lowest BCUT2D eigenvalue weighted by Crippen LogP contribution is -2.22. The lowest BCUT2D eigenvalue weighted by atomic mass is 9.70. The first-order chi connectivity index (χ1) is 49.7. The first-order valence-corrected chi connectivity index (χ1v) is 42.8. The molecular formula is C103H158. The van der Waals surface area contributed by atoms with Crippen LogP contribution in [0.25, 0.3) is 0 Å². The van der Waals surface area contributed by atoms with Crippen LogP contribution >= 0.6 is 0 Å². The summed E-state index contributed by atoms with van der Waals surface area (Å²) in [6.45, 7) is 50.6. The molecule has 6 saturated carbocycles. The Labute approximate surface area is 642 Å². The normalized spacial score (nSPS) is 19.7. The van der Waals surface area contributed by atoms with E-state index in [2.05, 4.69) is 286 Å². The van der Waals surface area contributed by atoms with Gasteiger partial charge in [0.2, 0.25) is 0 Å². The van der Waals surface area contributed by atoms with Gasteiger partial charge in [0, 0.05) is 4.11 Å².